The fourth-order valence-electron chi connectivity index (χ4n) is 7.05. The zero-order valence-corrected chi connectivity index (χ0v) is 31.3. The van der Waals surface area contributed by atoms with Gasteiger partial charge in [-0.05, 0) is 84.6 Å². The number of carbonyl (C=O) groups is 4. The first-order chi connectivity index (χ1) is 23.7. The van der Waals surface area contributed by atoms with Gasteiger partial charge in [0.2, 0.25) is 11.8 Å². The van der Waals surface area contributed by atoms with Gasteiger partial charge in [0.25, 0.3) is 0 Å². The molecule has 51 heavy (non-hydrogen) atoms. The van der Waals surface area contributed by atoms with Gasteiger partial charge in [0, 0.05) is 47.7 Å². The third-order valence-corrected chi connectivity index (χ3v) is 12.8. The number of carbonyl (C=O) groups excluding carboxylic acids is 4. The van der Waals surface area contributed by atoms with Crippen molar-refractivity contribution < 1.29 is 37.1 Å². The quantitative estimate of drug-likeness (QED) is 0.236. The topological polar surface area (TPSA) is 176 Å². The molecule has 3 heterocycles. The molecule has 1 spiro atoms. The van der Waals surface area contributed by atoms with E-state index in [2.05, 4.69) is 20.9 Å². The number of fused-ring (bicyclic) bond motifs is 3. The van der Waals surface area contributed by atoms with Crippen LogP contribution in [-0.2, 0) is 45.5 Å². The van der Waals surface area contributed by atoms with Crippen LogP contribution in [0.15, 0.2) is 54.7 Å². The van der Waals surface area contributed by atoms with Gasteiger partial charge in [0.1, 0.15) is 22.6 Å². The Morgan fingerprint density at radius 3 is 2.24 bits per heavy atom. The van der Waals surface area contributed by atoms with Gasteiger partial charge in [-0.15, -0.1) is 0 Å². The Labute approximate surface area is 299 Å². The SMILES string of the molecule is COC(=O)C(C)(C)S(=O)(=O)C1Nc2ccccc2C12CCN(C(=O)[C@@H](Cc1c[nH]c3ccccc13)NC(=O)C(C)(C)NC(=O)OC(C)(C)C)CC2. The Hall–Kier alpha value is -4.59. The number of anilines is 1. The molecule has 276 valence electrons. The zero-order valence-electron chi connectivity index (χ0n) is 30.5. The van der Waals surface area contributed by atoms with Gasteiger partial charge in [-0.1, -0.05) is 36.4 Å². The number of hydrogen-bond donors (Lipinski definition) is 4. The molecule has 1 aromatic heterocycles. The Morgan fingerprint density at radius 1 is 0.961 bits per heavy atom. The molecular formula is C37H49N5O8S. The summed E-state index contributed by atoms with van der Waals surface area (Å²) in [7, 11) is -3.02. The van der Waals surface area contributed by atoms with Crippen LogP contribution in [0.3, 0.4) is 0 Å². The molecule has 1 unspecified atom stereocenters. The first kappa shape index (κ1) is 37.7. The van der Waals surface area contributed by atoms with Gasteiger partial charge in [-0.25, -0.2) is 13.2 Å². The van der Waals surface area contributed by atoms with Gasteiger partial charge >= 0.3 is 12.1 Å². The zero-order chi connectivity index (χ0) is 37.6. The number of alkyl carbamates (subject to hydrolysis) is 1. The number of esters is 1. The van der Waals surface area contributed by atoms with Crippen LogP contribution in [0.1, 0.15) is 72.4 Å². The Balaban J connectivity index is 1.42. The molecule has 0 aliphatic carbocycles. The lowest BCUT2D eigenvalue weighted by Gasteiger charge is -2.44. The second-order valence-corrected chi connectivity index (χ2v) is 18.0. The maximum absolute atomic E-state index is 14.4. The molecule has 1 fully saturated rings. The Bertz CT molecular complexity index is 1940. The van der Waals surface area contributed by atoms with Crippen molar-refractivity contribution in [2.45, 2.75) is 100 Å². The largest absolute Gasteiger partial charge is 0.468 e. The minimum absolute atomic E-state index is 0.160. The molecule has 13 nitrogen and oxygen atoms in total. The third kappa shape index (κ3) is 7.15. The molecule has 2 atom stereocenters. The van der Waals surface area contributed by atoms with E-state index in [1.54, 1.807) is 25.7 Å². The minimum atomic E-state index is -4.18. The van der Waals surface area contributed by atoms with Crippen LogP contribution in [0.4, 0.5) is 10.5 Å². The summed E-state index contributed by atoms with van der Waals surface area (Å²) in [5.41, 5.74) is 0.0266. The maximum atomic E-state index is 14.4. The van der Waals surface area contributed by atoms with Crippen LogP contribution < -0.4 is 16.0 Å². The summed E-state index contributed by atoms with van der Waals surface area (Å²) in [6.07, 6.45) is 1.76. The molecule has 0 saturated carbocycles. The lowest BCUT2D eigenvalue weighted by molar-refractivity contribution is -0.142. The smallest absolute Gasteiger partial charge is 0.408 e. The number of rotatable bonds is 9. The standard InChI is InChI=1S/C37H49N5O8S/c1-34(2,3)50-33(46)41-35(4,5)30(44)39-28(21-23-22-38-26-15-11-9-13-24(23)26)29(43)42-19-17-37(18-20-42)25-14-10-12-16-27(25)40-31(37)51(47,48)36(6,7)32(45)49-8/h9-16,22,28,31,38,40H,17-21H2,1-8H3,(H,39,44)(H,41,46)/t28-,31?/m1/s1. The van der Waals surface area contributed by atoms with E-state index >= 15 is 0 Å². The number of aromatic nitrogens is 1. The van der Waals surface area contributed by atoms with Crippen molar-refractivity contribution in [3.63, 3.8) is 0 Å². The van der Waals surface area contributed by atoms with E-state index in [9.17, 15) is 27.6 Å². The first-order valence-electron chi connectivity index (χ1n) is 17.1. The third-order valence-electron chi connectivity index (χ3n) is 10.0. The van der Waals surface area contributed by atoms with Gasteiger partial charge in [-0.2, -0.15) is 0 Å². The molecule has 5 rings (SSSR count). The average molecular weight is 724 g/mol. The molecule has 0 radical (unpaired) electrons. The number of ether oxygens (including phenoxy) is 2. The highest BCUT2D eigenvalue weighted by atomic mass is 32.2. The molecule has 2 aliphatic rings. The fourth-order valence-corrected chi connectivity index (χ4v) is 9.19. The van der Waals surface area contributed by atoms with E-state index in [4.69, 9.17) is 9.47 Å². The van der Waals surface area contributed by atoms with Gasteiger partial charge in [0.05, 0.1) is 7.11 Å². The van der Waals surface area contributed by atoms with Crippen molar-refractivity contribution in [2.24, 2.45) is 0 Å². The lowest BCUT2D eigenvalue weighted by Crippen LogP contribution is -2.62. The number of likely N-dealkylation sites (tertiary alicyclic amines) is 1. The number of nitrogens with zero attached hydrogens (tertiary/aromatic N) is 1. The Morgan fingerprint density at radius 2 is 1.59 bits per heavy atom. The molecule has 4 N–H and O–H groups in total. The fraction of sp³-hybridized carbons (Fsp3) is 0.514. The van der Waals surface area contributed by atoms with Crippen molar-refractivity contribution in [3.8, 4) is 0 Å². The van der Waals surface area contributed by atoms with E-state index in [1.807, 2.05) is 54.7 Å². The summed E-state index contributed by atoms with van der Waals surface area (Å²) in [5.74, 6) is -1.78. The number of amides is 3. The van der Waals surface area contributed by atoms with Crippen molar-refractivity contribution in [1.29, 1.82) is 0 Å². The molecule has 2 aliphatic heterocycles. The van der Waals surface area contributed by atoms with Crippen LogP contribution in [0.2, 0.25) is 0 Å². The van der Waals surface area contributed by atoms with E-state index in [0.29, 0.717) is 5.69 Å². The molecule has 1 saturated heterocycles. The Kier molecular flexibility index (Phi) is 9.98. The van der Waals surface area contributed by atoms with Crippen molar-refractivity contribution in [3.05, 3.63) is 65.9 Å². The maximum Gasteiger partial charge on any atom is 0.408 e. The molecule has 0 bridgehead atoms. The van der Waals surface area contributed by atoms with Gasteiger partial charge < -0.3 is 35.3 Å². The predicted molar refractivity (Wildman–Crippen MR) is 194 cm³/mol. The normalized spacial score (nSPS) is 18.0. The van der Waals surface area contributed by atoms with Crippen LogP contribution in [-0.4, -0.2) is 89.7 Å². The van der Waals surface area contributed by atoms with E-state index in [0.717, 1.165) is 29.1 Å². The molecule has 3 amide bonds. The van der Waals surface area contributed by atoms with Gasteiger partial charge in [-0.3, -0.25) is 14.4 Å². The lowest BCUT2D eigenvalue weighted by atomic mass is 9.74. The first-order valence-corrected chi connectivity index (χ1v) is 18.6. The molecule has 3 aromatic rings. The van der Waals surface area contributed by atoms with E-state index in [1.165, 1.54) is 27.7 Å². The number of hydrogen-bond acceptors (Lipinski definition) is 9. The second kappa shape index (κ2) is 13.5. The van der Waals surface area contributed by atoms with Crippen LogP contribution >= 0.6 is 0 Å². The summed E-state index contributed by atoms with van der Waals surface area (Å²) in [4.78, 5) is 58.4. The number of sulfone groups is 1. The average Bonchev–Trinajstić information content (AvgIpc) is 3.62. The summed E-state index contributed by atoms with van der Waals surface area (Å²) in [5, 5.41) is 8.47. The molecule has 14 heteroatoms. The second-order valence-electron chi connectivity index (χ2n) is 15.4. The number of para-hydroxylation sites is 2. The van der Waals surface area contributed by atoms with Crippen LogP contribution in [0, 0.1) is 0 Å². The summed E-state index contributed by atoms with van der Waals surface area (Å²) >= 11 is 0. The van der Waals surface area contributed by atoms with Crippen LogP contribution in [0.25, 0.3) is 10.9 Å². The number of nitrogens with one attached hydrogen (secondary N) is 4. The number of H-pyrrole nitrogens is 1. The molecule has 2 aromatic carbocycles. The van der Waals surface area contributed by atoms with Crippen molar-refractivity contribution in [2.75, 3.05) is 25.5 Å². The molecular weight excluding hydrogens is 675 g/mol. The van der Waals surface area contributed by atoms with Gasteiger partial charge in [0.15, 0.2) is 14.6 Å². The highest BCUT2D eigenvalue weighted by molar-refractivity contribution is 7.94. The highest BCUT2D eigenvalue weighted by Gasteiger charge is 2.60. The minimum Gasteiger partial charge on any atom is -0.468 e. The summed E-state index contributed by atoms with van der Waals surface area (Å²) in [6, 6.07) is 14.0. The highest BCUT2D eigenvalue weighted by Crippen LogP contribution is 2.51. The number of piperidine rings is 1. The predicted octanol–water partition coefficient (Wildman–Crippen LogP) is 4.18. The monoisotopic (exact) mass is 723 g/mol. The van der Waals surface area contributed by atoms with E-state index in [-0.39, 0.29) is 38.3 Å². The summed E-state index contributed by atoms with van der Waals surface area (Å²) < 4.78 is 36.9. The number of methoxy groups -OCH3 is 1. The van der Waals surface area contributed by atoms with Crippen LogP contribution in [0.5, 0.6) is 0 Å². The van der Waals surface area contributed by atoms with Crippen molar-refractivity contribution >= 4 is 50.3 Å². The number of benzene rings is 2. The van der Waals surface area contributed by atoms with Crippen molar-refractivity contribution in [1.82, 2.24) is 20.5 Å². The van der Waals surface area contributed by atoms with E-state index < -0.39 is 60.5 Å². The summed E-state index contributed by atoms with van der Waals surface area (Å²) in [6.45, 7) is 11.3. The number of aromatic amines is 1.